The fraction of sp³-hybridized carbons (Fsp3) is 0.938. The molecule has 5 nitrogen and oxygen atoms in total. The first-order chi connectivity index (χ1) is 10.1. The molecule has 0 aromatic carbocycles. The van der Waals surface area contributed by atoms with Crippen molar-refractivity contribution < 1.29 is 4.74 Å². The molecule has 22 heavy (non-hydrogen) atoms. The van der Waals surface area contributed by atoms with Crippen LogP contribution < -0.4 is 5.32 Å². The number of hydrogen-bond acceptors (Lipinski definition) is 3. The highest BCUT2D eigenvalue weighted by Gasteiger charge is 2.24. The molecule has 3 unspecified atom stereocenters. The number of halogens is 1. The highest BCUT2D eigenvalue weighted by Crippen LogP contribution is 2.15. The van der Waals surface area contributed by atoms with Crippen LogP contribution in [-0.4, -0.2) is 74.3 Å². The van der Waals surface area contributed by atoms with Gasteiger partial charge < -0.3 is 15.0 Å². The number of aliphatic imine (C=N–C) groups is 1. The predicted molar refractivity (Wildman–Crippen MR) is 103 cm³/mol. The number of hydrogen-bond donors (Lipinski definition) is 1. The van der Waals surface area contributed by atoms with Crippen LogP contribution in [0.1, 0.15) is 33.6 Å². The second-order valence-electron chi connectivity index (χ2n) is 6.63. The standard InChI is InChI=1S/C16H32N4O.HI/c1-13-6-5-7-19(11-13)16(17-4)18-10-14(2)20-8-9-21-12-15(20)3;/h13-15H,5-12H2,1-4H3,(H,17,18);1H. The summed E-state index contributed by atoms with van der Waals surface area (Å²) in [6, 6.07) is 1.01. The number of likely N-dealkylation sites (tertiary alicyclic amines) is 1. The van der Waals surface area contributed by atoms with Crippen LogP contribution in [0.2, 0.25) is 0 Å². The van der Waals surface area contributed by atoms with Gasteiger partial charge in [0.25, 0.3) is 0 Å². The molecule has 2 fully saturated rings. The summed E-state index contributed by atoms with van der Waals surface area (Å²) in [5.74, 6) is 1.84. The predicted octanol–water partition coefficient (Wildman–Crippen LogP) is 2.02. The maximum Gasteiger partial charge on any atom is 0.193 e. The molecule has 0 saturated carbocycles. The van der Waals surface area contributed by atoms with Gasteiger partial charge in [0.15, 0.2) is 5.96 Å². The quantitative estimate of drug-likeness (QED) is 0.428. The van der Waals surface area contributed by atoms with E-state index in [9.17, 15) is 0 Å². The Labute approximate surface area is 152 Å². The van der Waals surface area contributed by atoms with Crippen molar-refractivity contribution in [3.8, 4) is 0 Å². The average Bonchev–Trinajstić information content (AvgIpc) is 2.48. The third-order valence-corrected chi connectivity index (χ3v) is 4.71. The van der Waals surface area contributed by atoms with Crippen molar-refractivity contribution in [2.45, 2.75) is 45.7 Å². The number of guanidine groups is 1. The maximum absolute atomic E-state index is 5.52. The van der Waals surface area contributed by atoms with Gasteiger partial charge in [-0.3, -0.25) is 9.89 Å². The van der Waals surface area contributed by atoms with Crippen molar-refractivity contribution in [1.29, 1.82) is 0 Å². The van der Waals surface area contributed by atoms with E-state index in [1.54, 1.807) is 0 Å². The fourth-order valence-corrected chi connectivity index (χ4v) is 3.47. The zero-order chi connectivity index (χ0) is 15.2. The van der Waals surface area contributed by atoms with E-state index in [1.165, 1.54) is 12.8 Å². The molecule has 2 rings (SSSR count). The van der Waals surface area contributed by atoms with Gasteiger partial charge in [0.2, 0.25) is 0 Å². The Morgan fingerprint density at radius 1 is 1.36 bits per heavy atom. The zero-order valence-electron chi connectivity index (χ0n) is 14.5. The minimum absolute atomic E-state index is 0. The van der Waals surface area contributed by atoms with Gasteiger partial charge in [0, 0.05) is 45.3 Å². The lowest BCUT2D eigenvalue weighted by Crippen LogP contribution is -2.54. The van der Waals surface area contributed by atoms with Gasteiger partial charge in [-0.05, 0) is 32.6 Å². The molecule has 2 saturated heterocycles. The topological polar surface area (TPSA) is 40.1 Å². The molecule has 1 N–H and O–H groups in total. The van der Waals surface area contributed by atoms with Crippen LogP contribution in [0, 0.1) is 5.92 Å². The van der Waals surface area contributed by atoms with Crippen LogP contribution in [0.5, 0.6) is 0 Å². The average molecular weight is 424 g/mol. The van der Waals surface area contributed by atoms with E-state index < -0.39 is 0 Å². The molecule has 2 aliphatic heterocycles. The van der Waals surface area contributed by atoms with E-state index in [1.807, 2.05) is 7.05 Å². The van der Waals surface area contributed by atoms with Gasteiger partial charge in [0.1, 0.15) is 0 Å². The Balaban J connectivity index is 0.00000242. The highest BCUT2D eigenvalue weighted by molar-refractivity contribution is 14.0. The Bertz CT molecular complexity index is 353. The van der Waals surface area contributed by atoms with Gasteiger partial charge in [-0.2, -0.15) is 0 Å². The summed E-state index contributed by atoms with van der Waals surface area (Å²) >= 11 is 0. The van der Waals surface area contributed by atoms with Crippen LogP contribution in [0.3, 0.4) is 0 Å². The number of ether oxygens (including phenoxy) is 1. The Morgan fingerprint density at radius 3 is 2.77 bits per heavy atom. The van der Waals surface area contributed by atoms with E-state index in [2.05, 4.69) is 40.9 Å². The summed E-state index contributed by atoms with van der Waals surface area (Å²) in [6.07, 6.45) is 2.62. The molecule has 0 radical (unpaired) electrons. The number of nitrogens with zero attached hydrogens (tertiary/aromatic N) is 3. The van der Waals surface area contributed by atoms with Gasteiger partial charge >= 0.3 is 0 Å². The minimum atomic E-state index is 0. The smallest absolute Gasteiger partial charge is 0.193 e. The summed E-state index contributed by atoms with van der Waals surface area (Å²) in [4.78, 5) is 9.41. The number of piperidine rings is 1. The molecule has 0 aromatic heterocycles. The van der Waals surface area contributed by atoms with Crippen molar-refractivity contribution in [3.63, 3.8) is 0 Å². The number of rotatable bonds is 3. The molecular formula is C16H33IN4O. The Kier molecular flexibility index (Phi) is 9.01. The summed E-state index contributed by atoms with van der Waals surface area (Å²) < 4.78 is 5.52. The Morgan fingerprint density at radius 2 is 2.14 bits per heavy atom. The van der Waals surface area contributed by atoms with Gasteiger partial charge in [-0.1, -0.05) is 6.92 Å². The third-order valence-electron chi connectivity index (χ3n) is 4.71. The molecule has 0 aromatic rings. The van der Waals surface area contributed by atoms with Crippen molar-refractivity contribution in [1.82, 2.24) is 15.1 Å². The summed E-state index contributed by atoms with van der Waals surface area (Å²) in [5, 5.41) is 3.57. The second kappa shape index (κ2) is 9.93. The monoisotopic (exact) mass is 424 g/mol. The Hall–Kier alpha value is -0.0800. The van der Waals surface area contributed by atoms with E-state index >= 15 is 0 Å². The van der Waals surface area contributed by atoms with Gasteiger partial charge in [-0.25, -0.2) is 0 Å². The molecule has 0 aliphatic carbocycles. The molecule has 3 atom stereocenters. The lowest BCUT2D eigenvalue weighted by atomic mass is 10.0. The number of nitrogens with one attached hydrogen (secondary N) is 1. The molecule has 2 aliphatic rings. The van der Waals surface area contributed by atoms with Crippen LogP contribution in [0.15, 0.2) is 4.99 Å². The van der Waals surface area contributed by atoms with Crippen LogP contribution in [0.4, 0.5) is 0 Å². The molecule has 2 heterocycles. The van der Waals surface area contributed by atoms with Crippen molar-refractivity contribution >= 4 is 29.9 Å². The highest BCUT2D eigenvalue weighted by atomic mass is 127. The first kappa shape index (κ1) is 20.0. The van der Waals surface area contributed by atoms with Gasteiger partial charge in [-0.15, -0.1) is 24.0 Å². The molecule has 130 valence electrons. The largest absolute Gasteiger partial charge is 0.379 e. The third kappa shape index (κ3) is 5.53. The van der Waals surface area contributed by atoms with Crippen molar-refractivity contribution in [2.24, 2.45) is 10.9 Å². The molecule has 6 heteroatoms. The molecule has 0 spiro atoms. The molecule has 0 amide bonds. The van der Waals surface area contributed by atoms with E-state index in [-0.39, 0.29) is 24.0 Å². The first-order valence-corrected chi connectivity index (χ1v) is 8.41. The summed E-state index contributed by atoms with van der Waals surface area (Å²) in [6.45, 7) is 12.8. The van der Waals surface area contributed by atoms with E-state index in [0.29, 0.717) is 12.1 Å². The van der Waals surface area contributed by atoms with Crippen molar-refractivity contribution in [2.75, 3.05) is 46.4 Å². The normalized spacial score (nSPS) is 28.9. The zero-order valence-corrected chi connectivity index (χ0v) is 16.9. The lowest BCUT2D eigenvalue weighted by molar-refractivity contribution is -0.0175. The second-order valence-corrected chi connectivity index (χ2v) is 6.63. The van der Waals surface area contributed by atoms with E-state index in [0.717, 1.165) is 51.3 Å². The summed E-state index contributed by atoms with van der Waals surface area (Å²) in [5.41, 5.74) is 0. The maximum atomic E-state index is 5.52. The van der Waals surface area contributed by atoms with Crippen LogP contribution in [0.25, 0.3) is 0 Å². The van der Waals surface area contributed by atoms with E-state index in [4.69, 9.17) is 4.74 Å². The van der Waals surface area contributed by atoms with Gasteiger partial charge in [0.05, 0.1) is 13.2 Å². The molecule has 0 bridgehead atoms. The minimum Gasteiger partial charge on any atom is -0.379 e. The summed E-state index contributed by atoms with van der Waals surface area (Å²) in [7, 11) is 1.89. The van der Waals surface area contributed by atoms with Crippen molar-refractivity contribution in [3.05, 3.63) is 0 Å². The SMILES string of the molecule is CN=C(NCC(C)N1CCOCC1C)N1CCCC(C)C1.I. The first-order valence-electron chi connectivity index (χ1n) is 8.41. The fourth-order valence-electron chi connectivity index (χ4n) is 3.47. The number of morpholine rings is 1. The van der Waals surface area contributed by atoms with Crippen LogP contribution in [-0.2, 0) is 4.74 Å². The lowest BCUT2D eigenvalue weighted by Gasteiger charge is -2.39. The van der Waals surface area contributed by atoms with Crippen LogP contribution >= 0.6 is 24.0 Å². The molecular weight excluding hydrogens is 391 g/mol.